The van der Waals surface area contributed by atoms with Gasteiger partial charge < -0.3 is 14.8 Å². The highest BCUT2D eigenvalue weighted by Crippen LogP contribution is 2.35. The molecule has 0 unspecified atom stereocenters. The minimum absolute atomic E-state index is 0.195. The van der Waals surface area contributed by atoms with Crippen LogP contribution < -0.4 is 14.8 Å². The molecule has 2 aromatic carbocycles. The molecule has 0 fully saturated rings. The maximum absolute atomic E-state index is 13.0. The summed E-state index contributed by atoms with van der Waals surface area (Å²) in [4.78, 5) is 0. The Morgan fingerprint density at radius 1 is 1.05 bits per heavy atom. The second-order valence-electron chi connectivity index (χ2n) is 4.16. The molecular weight excluding hydrogens is 252 g/mol. The Balaban J connectivity index is 1.78. The second kappa shape index (κ2) is 4.76. The van der Waals surface area contributed by atoms with E-state index >= 15 is 0 Å². The lowest BCUT2D eigenvalue weighted by Crippen LogP contribution is -2.02. The largest absolute Gasteiger partial charge is 0.454 e. The third-order valence-corrected chi connectivity index (χ3v) is 2.82. The second-order valence-corrected chi connectivity index (χ2v) is 4.16. The van der Waals surface area contributed by atoms with Crippen molar-refractivity contribution in [3.8, 4) is 11.5 Å². The molecule has 3 nitrogen and oxygen atoms in total. The number of halogens is 2. The number of rotatable bonds is 3. The molecule has 1 N–H and O–H groups in total. The molecule has 0 bridgehead atoms. The summed E-state index contributed by atoms with van der Waals surface area (Å²) >= 11 is 0. The smallest absolute Gasteiger partial charge is 0.231 e. The first-order chi connectivity index (χ1) is 9.22. The van der Waals surface area contributed by atoms with Gasteiger partial charge in [-0.05, 0) is 18.2 Å². The summed E-state index contributed by atoms with van der Waals surface area (Å²) in [5.74, 6) is 0.136. The van der Waals surface area contributed by atoms with Gasteiger partial charge in [0.1, 0.15) is 11.6 Å². The van der Waals surface area contributed by atoms with E-state index in [0.717, 1.165) is 11.6 Å². The van der Waals surface area contributed by atoms with Crippen molar-refractivity contribution in [1.82, 2.24) is 0 Å². The molecule has 0 amide bonds. The van der Waals surface area contributed by atoms with Gasteiger partial charge in [0.2, 0.25) is 6.79 Å². The minimum atomic E-state index is -0.611. The summed E-state index contributed by atoms with van der Waals surface area (Å²) in [5, 5.41) is 2.96. The molecule has 2 aromatic rings. The number of benzene rings is 2. The van der Waals surface area contributed by atoms with Crippen molar-refractivity contribution in [3.63, 3.8) is 0 Å². The summed E-state index contributed by atoms with van der Waals surface area (Å²) in [6.45, 7) is 0.594. The Bertz CT molecular complexity index is 596. The number of hydrogen-bond donors (Lipinski definition) is 1. The molecule has 0 radical (unpaired) electrons. The van der Waals surface area contributed by atoms with Crippen molar-refractivity contribution in [1.29, 1.82) is 0 Å². The summed E-state index contributed by atoms with van der Waals surface area (Å²) < 4.78 is 36.7. The van der Waals surface area contributed by atoms with Gasteiger partial charge >= 0.3 is 0 Å². The van der Waals surface area contributed by atoms with Gasteiger partial charge in [0.15, 0.2) is 11.5 Å². The molecule has 0 spiro atoms. The molecule has 0 aromatic heterocycles. The van der Waals surface area contributed by atoms with Gasteiger partial charge in [0, 0.05) is 23.9 Å². The topological polar surface area (TPSA) is 30.5 Å². The van der Waals surface area contributed by atoms with Crippen LogP contribution in [0.15, 0.2) is 36.4 Å². The van der Waals surface area contributed by atoms with E-state index in [0.29, 0.717) is 23.7 Å². The van der Waals surface area contributed by atoms with Crippen LogP contribution in [0, 0.1) is 11.6 Å². The van der Waals surface area contributed by atoms with Crippen LogP contribution in [-0.4, -0.2) is 6.79 Å². The quantitative estimate of drug-likeness (QED) is 0.921. The monoisotopic (exact) mass is 263 g/mol. The standard InChI is InChI=1S/C14H11F2NO2/c15-10-4-11(16)6-12(5-10)17-7-9-2-1-3-13-14(9)19-8-18-13/h1-6,17H,7-8H2. The highest BCUT2D eigenvalue weighted by atomic mass is 19.1. The molecule has 1 heterocycles. The molecule has 1 aliphatic rings. The van der Waals surface area contributed by atoms with Crippen LogP contribution in [0.25, 0.3) is 0 Å². The van der Waals surface area contributed by atoms with Crippen LogP contribution in [-0.2, 0) is 6.54 Å². The Labute approximate surface area is 108 Å². The maximum Gasteiger partial charge on any atom is 0.231 e. The van der Waals surface area contributed by atoms with E-state index < -0.39 is 11.6 Å². The fourth-order valence-electron chi connectivity index (χ4n) is 1.98. The van der Waals surface area contributed by atoms with Crippen molar-refractivity contribution in [2.45, 2.75) is 6.54 Å². The zero-order valence-electron chi connectivity index (χ0n) is 9.95. The molecule has 3 rings (SSSR count). The average Bonchev–Trinajstić information content (AvgIpc) is 2.83. The first-order valence-corrected chi connectivity index (χ1v) is 5.80. The summed E-state index contributed by atoms with van der Waals surface area (Å²) in [7, 11) is 0. The Kier molecular flexibility index (Phi) is 2.95. The lowest BCUT2D eigenvalue weighted by atomic mass is 10.2. The number of ether oxygens (including phenoxy) is 2. The van der Waals surface area contributed by atoms with E-state index in [4.69, 9.17) is 9.47 Å². The minimum Gasteiger partial charge on any atom is -0.454 e. The van der Waals surface area contributed by atoms with Crippen molar-refractivity contribution in [2.75, 3.05) is 12.1 Å². The van der Waals surface area contributed by atoms with Gasteiger partial charge in [-0.25, -0.2) is 8.78 Å². The van der Waals surface area contributed by atoms with Crippen LogP contribution in [0.4, 0.5) is 14.5 Å². The summed E-state index contributed by atoms with van der Waals surface area (Å²) in [6.07, 6.45) is 0. The fourth-order valence-corrected chi connectivity index (χ4v) is 1.98. The molecule has 98 valence electrons. The van der Waals surface area contributed by atoms with Gasteiger partial charge in [0.05, 0.1) is 0 Å². The molecule has 5 heteroatoms. The van der Waals surface area contributed by atoms with Gasteiger partial charge in [0.25, 0.3) is 0 Å². The van der Waals surface area contributed by atoms with E-state index in [-0.39, 0.29) is 6.79 Å². The van der Waals surface area contributed by atoms with Gasteiger partial charge in [-0.3, -0.25) is 0 Å². The zero-order valence-corrected chi connectivity index (χ0v) is 9.95. The van der Waals surface area contributed by atoms with Gasteiger partial charge in [-0.2, -0.15) is 0 Å². The Morgan fingerprint density at radius 2 is 1.84 bits per heavy atom. The Hall–Kier alpha value is -2.30. The van der Waals surface area contributed by atoms with Crippen molar-refractivity contribution >= 4 is 5.69 Å². The summed E-state index contributed by atoms with van der Waals surface area (Å²) in [5.41, 5.74) is 1.26. The average molecular weight is 263 g/mol. The highest BCUT2D eigenvalue weighted by molar-refractivity contribution is 5.51. The number of para-hydroxylation sites is 1. The molecule has 0 aliphatic carbocycles. The van der Waals surface area contributed by atoms with E-state index in [1.165, 1.54) is 12.1 Å². The van der Waals surface area contributed by atoms with Crippen molar-refractivity contribution in [2.24, 2.45) is 0 Å². The first-order valence-electron chi connectivity index (χ1n) is 5.80. The predicted molar refractivity (Wildman–Crippen MR) is 66.2 cm³/mol. The van der Waals surface area contributed by atoms with E-state index in [1.807, 2.05) is 18.2 Å². The van der Waals surface area contributed by atoms with E-state index in [2.05, 4.69) is 5.32 Å². The van der Waals surface area contributed by atoms with Crippen molar-refractivity contribution in [3.05, 3.63) is 53.6 Å². The van der Waals surface area contributed by atoms with Gasteiger partial charge in [-0.15, -0.1) is 0 Å². The third-order valence-electron chi connectivity index (χ3n) is 2.82. The van der Waals surface area contributed by atoms with Crippen LogP contribution >= 0.6 is 0 Å². The molecule has 0 atom stereocenters. The number of fused-ring (bicyclic) bond motifs is 1. The molecule has 0 saturated carbocycles. The normalized spacial score (nSPS) is 12.5. The van der Waals surface area contributed by atoms with Crippen LogP contribution in [0.5, 0.6) is 11.5 Å². The number of nitrogens with one attached hydrogen (secondary N) is 1. The van der Waals surface area contributed by atoms with E-state index in [9.17, 15) is 8.78 Å². The van der Waals surface area contributed by atoms with Crippen LogP contribution in [0.1, 0.15) is 5.56 Å². The fraction of sp³-hybridized carbons (Fsp3) is 0.143. The lowest BCUT2D eigenvalue weighted by Gasteiger charge is -2.09. The molecule has 0 saturated heterocycles. The molecule has 19 heavy (non-hydrogen) atoms. The van der Waals surface area contributed by atoms with E-state index in [1.54, 1.807) is 0 Å². The maximum atomic E-state index is 13.0. The zero-order chi connectivity index (χ0) is 13.2. The predicted octanol–water partition coefficient (Wildman–Crippen LogP) is 3.31. The number of hydrogen-bond acceptors (Lipinski definition) is 3. The van der Waals surface area contributed by atoms with Gasteiger partial charge in [-0.1, -0.05) is 12.1 Å². The third kappa shape index (κ3) is 2.45. The molecular formula is C14H11F2NO2. The lowest BCUT2D eigenvalue weighted by molar-refractivity contribution is 0.173. The SMILES string of the molecule is Fc1cc(F)cc(NCc2cccc3c2OCO3)c1. The van der Waals surface area contributed by atoms with Crippen LogP contribution in [0.2, 0.25) is 0 Å². The summed E-state index contributed by atoms with van der Waals surface area (Å²) in [6, 6.07) is 8.84. The Morgan fingerprint density at radius 3 is 2.63 bits per heavy atom. The first kappa shape index (κ1) is 11.8. The van der Waals surface area contributed by atoms with Crippen LogP contribution in [0.3, 0.4) is 0 Å². The molecule has 1 aliphatic heterocycles. The number of anilines is 1. The highest BCUT2D eigenvalue weighted by Gasteiger charge is 2.16. The van der Waals surface area contributed by atoms with Crippen molar-refractivity contribution < 1.29 is 18.3 Å².